The molecule has 9 nitrogen and oxygen atoms in total. The highest BCUT2D eigenvalue weighted by Crippen LogP contribution is 2.26. The number of nitrogens with zero attached hydrogens (tertiary/aromatic N) is 5. The predicted octanol–water partition coefficient (Wildman–Crippen LogP) is 2.75. The van der Waals surface area contributed by atoms with E-state index in [0.717, 1.165) is 11.4 Å². The molecule has 0 saturated carbocycles. The second-order valence-electron chi connectivity index (χ2n) is 9.37. The molecule has 5 rings (SSSR count). The number of alkyl halides is 1. The summed E-state index contributed by atoms with van der Waals surface area (Å²) in [5, 5.41) is 3.85. The van der Waals surface area contributed by atoms with Crippen molar-refractivity contribution in [1.29, 1.82) is 0 Å². The van der Waals surface area contributed by atoms with Gasteiger partial charge in [0.05, 0.1) is 24.8 Å². The first-order valence-electron chi connectivity index (χ1n) is 11.4. The van der Waals surface area contributed by atoms with E-state index in [2.05, 4.69) is 15.3 Å². The fraction of sp³-hybridized carbons (Fsp3) is 0.320. The van der Waals surface area contributed by atoms with Gasteiger partial charge in [-0.15, -0.1) is 0 Å². The standard InChI is InChI=1S/C25H24ClFN6O3/c1-14-30-19-10-28-22-17(21(19)31(14)3)8-18(23(35)29-9-15-4-6-16(26)7-5-15)24(36)33(22)11-20(34)32-12-25(2,27)13-32/h4-8,10H,9,11-13H2,1-3H3,(H,29,35). The number of pyridine rings is 2. The number of hydrogen-bond donors (Lipinski definition) is 1. The lowest BCUT2D eigenvalue weighted by molar-refractivity contribution is -0.144. The number of rotatable bonds is 5. The van der Waals surface area contributed by atoms with E-state index >= 15 is 0 Å². The zero-order valence-corrected chi connectivity index (χ0v) is 20.8. The topological polar surface area (TPSA) is 102 Å². The van der Waals surface area contributed by atoms with Gasteiger partial charge < -0.3 is 14.8 Å². The summed E-state index contributed by atoms with van der Waals surface area (Å²) in [5.41, 5.74) is 0.121. The van der Waals surface area contributed by atoms with Gasteiger partial charge in [-0.25, -0.2) is 14.4 Å². The molecule has 0 aliphatic carbocycles. The molecule has 186 valence electrons. The van der Waals surface area contributed by atoms with E-state index in [1.807, 2.05) is 18.5 Å². The van der Waals surface area contributed by atoms with Crippen LogP contribution in [0.15, 0.2) is 41.3 Å². The number of aryl methyl sites for hydroxylation is 2. The molecule has 0 spiro atoms. The van der Waals surface area contributed by atoms with Gasteiger partial charge in [-0.2, -0.15) is 0 Å². The summed E-state index contributed by atoms with van der Waals surface area (Å²) in [6, 6.07) is 8.47. The molecule has 1 fully saturated rings. The maximum atomic E-state index is 14.0. The summed E-state index contributed by atoms with van der Waals surface area (Å²) in [4.78, 5) is 49.8. The van der Waals surface area contributed by atoms with Crippen molar-refractivity contribution < 1.29 is 14.0 Å². The summed E-state index contributed by atoms with van der Waals surface area (Å²) < 4.78 is 17.0. The van der Waals surface area contributed by atoms with Crippen LogP contribution < -0.4 is 10.9 Å². The van der Waals surface area contributed by atoms with Gasteiger partial charge in [0.1, 0.15) is 34.8 Å². The number of benzene rings is 1. The molecule has 0 radical (unpaired) electrons. The summed E-state index contributed by atoms with van der Waals surface area (Å²) in [6.45, 7) is 2.99. The number of amides is 2. The van der Waals surface area contributed by atoms with Crippen molar-refractivity contribution in [2.24, 2.45) is 7.05 Å². The monoisotopic (exact) mass is 510 g/mol. The van der Waals surface area contributed by atoms with Crippen LogP contribution in [0, 0.1) is 6.92 Å². The third-order valence-corrected chi connectivity index (χ3v) is 6.72. The van der Waals surface area contributed by atoms with Crippen molar-refractivity contribution in [3.63, 3.8) is 0 Å². The lowest BCUT2D eigenvalue weighted by atomic mass is 9.99. The van der Waals surface area contributed by atoms with Gasteiger partial charge in [-0.3, -0.25) is 19.0 Å². The third-order valence-electron chi connectivity index (χ3n) is 6.47. The first-order chi connectivity index (χ1) is 17.0. The lowest BCUT2D eigenvalue weighted by Gasteiger charge is -2.42. The first-order valence-corrected chi connectivity index (χ1v) is 11.8. The van der Waals surface area contributed by atoms with E-state index in [9.17, 15) is 18.8 Å². The molecule has 2 amide bonds. The molecule has 1 aliphatic rings. The van der Waals surface area contributed by atoms with E-state index in [0.29, 0.717) is 21.4 Å². The number of halogens is 2. The Labute approximate surface area is 210 Å². The molecular formula is C25H24ClFN6O3. The third kappa shape index (κ3) is 4.21. The number of carbonyl (C=O) groups is 2. The average molecular weight is 511 g/mol. The quantitative estimate of drug-likeness (QED) is 0.445. The van der Waals surface area contributed by atoms with Crippen molar-refractivity contribution in [2.75, 3.05) is 13.1 Å². The zero-order chi connectivity index (χ0) is 25.8. The van der Waals surface area contributed by atoms with Crippen LogP contribution >= 0.6 is 11.6 Å². The number of hydrogen-bond acceptors (Lipinski definition) is 5. The minimum Gasteiger partial charge on any atom is -0.348 e. The highest BCUT2D eigenvalue weighted by Gasteiger charge is 2.41. The van der Waals surface area contributed by atoms with Crippen molar-refractivity contribution >= 4 is 45.5 Å². The lowest BCUT2D eigenvalue weighted by Crippen LogP contribution is -2.60. The molecule has 4 aromatic rings. The number of aromatic nitrogens is 4. The second kappa shape index (κ2) is 8.70. The Morgan fingerprint density at radius 1 is 1.22 bits per heavy atom. The molecule has 1 saturated heterocycles. The summed E-state index contributed by atoms with van der Waals surface area (Å²) >= 11 is 5.92. The Morgan fingerprint density at radius 3 is 2.58 bits per heavy atom. The minimum atomic E-state index is -1.44. The van der Waals surface area contributed by atoms with Crippen LogP contribution in [0.1, 0.15) is 28.7 Å². The van der Waals surface area contributed by atoms with Crippen molar-refractivity contribution in [3.05, 3.63) is 68.9 Å². The minimum absolute atomic E-state index is 0.0433. The Morgan fingerprint density at radius 2 is 1.92 bits per heavy atom. The van der Waals surface area contributed by atoms with E-state index < -0.39 is 23.0 Å². The number of imidazole rings is 1. The van der Waals surface area contributed by atoms with E-state index in [-0.39, 0.29) is 37.4 Å². The molecule has 0 atom stereocenters. The SMILES string of the molecule is Cc1nc2cnc3c(cc(C(=O)NCc4ccc(Cl)cc4)c(=O)n3CC(=O)N3CC(C)(F)C3)c2n1C. The number of nitrogens with one attached hydrogen (secondary N) is 1. The fourth-order valence-electron chi connectivity index (χ4n) is 4.49. The highest BCUT2D eigenvalue weighted by atomic mass is 35.5. The van der Waals surface area contributed by atoms with Crippen LogP contribution in [0.3, 0.4) is 0 Å². The van der Waals surface area contributed by atoms with E-state index in [1.54, 1.807) is 24.3 Å². The van der Waals surface area contributed by atoms with Gasteiger partial charge >= 0.3 is 0 Å². The number of carbonyl (C=O) groups excluding carboxylic acids is 2. The summed E-state index contributed by atoms with van der Waals surface area (Å²) in [6.07, 6.45) is 1.54. The van der Waals surface area contributed by atoms with Gasteiger partial charge in [0, 0.05) is 24.0 Å². The van der Waals surface area contributed by atoms with Gasteiger partial charge in [0.15, 0.2) is 0 Å². The molecule has 0 bridgehead atoms. The smallest absolute Gasteiger partial charge is 0.265 e. The van der Waals surface area contributed by atoms with Gasteiger partial charge in [-0.1, -0.05) is 23.7 Å². The Hall–Kier alpha value is -3.79. The van der Waals surface area contributed by atoms with E-state index in [1.165, 1.54) is 28.7 Å². The second-order valence-corrected chi connectivity index (χ2v) is 9.81. The number of fused-ring (bicyclic) bond motifs is 3. The molecule has 1 aromatic carbocycles. The maximum Gasteiger partial charge on any atom is 0.265 e. The number of likely N-dealkylation sites (tertiary alicyclic amines) is 1. The van der Waals surface area contributed by atoms with Crippen LogP contribution in [0.25, 0.3) is 22.1 Å². The Kier molecular flexibility index (Phi) is 5.78. The van der Waals surface area contributed by atoms with Crippen molar-refractivity contribution in [1.82, 2.24) is 29.3 Å². The fourth-order valence-corrected chi connectivity index (χ4v) is 4.61. The van der Waals surface area contributed by atoms with Gasteiger partial charge in [0.25, 0.3) is 11.5 Å². The average Bonchev–Trinajstić information content (AvgIpc) is 3.11. The van der Waals surface area contributed by atoms with E-state index in [4.69, 9.17) is 11.6 Å². The van der Waals surface area contributed by atoms with Gasteiger partial charge in [-0.05, 0) is 37.6 Å². The largest absolute Gasteiger partial charge is 0.348 e. The molecule has 36 heavy (non-hydrogen) atoms. The Bertz CT molecular complexity index is 1580. The van der Waals surface area contributed by atoms with Crippen LogP contribution in [0.4, 0.5) is 4.39 Å². The van der Waals surface area contributed by atoms with Crippen LogP contribution in [0.2, 0.25) is 5.02 Å². The summed E-state index contributed by atoms with van der Waals surface area (Å²) in [7, 11) is 1.83. The molecule has 4 heterocycles. The highest BCUT2D eigenvalue weighted by molar-refractivity contribution is 6.30. The summed E-state index contributed by atoms with van der Waals surface area (Å²) in [5.74, 6) is -0.283. The van der Waals surface area contributed by atoms with Crippen LogP contribution in [0.5, 0.6) is 0 Å². The molecule has 11 heteroatoms. The first kappa shape index (κ1) is 23.9. The Balaban J connectivity index is 1.58. The molecule has 1 aliphatic heterocycles. The van der Waals surface area contributed by atoms with Crippen molar-refractivity contribution in [2.45, 2.75) is 32.6 Å². The zero-order valence-electron chi connectivity index (χ0n) is 20.0. The van der Waals surface area contributed by atoms with Gasteiger partial charge in [0.2, 0.25) is 5.91 Å². The molecular weight excluding hydrogens is 487 g/mol. The predicted molar refractivity (Wildman–Crippen MR) is 134 cm³/mol. The maximum absolute atomic E-state index is 14.0. The molecule has 3 aromatic heterocycles. The van der Waals surface area contributed by atoms with Crippen LogP contribution in [-0.4, -0.2) is 54.6 Å². The molecule has 1 N–H and O–H groups in total. The van der Waals surface area contributed by atoms with Crippen molar-refractivity contribution in [3.8, 4) is 0 Å². The van der Waals surface area contributed by atoms with Crippen LogP contribution in [-0.2, 0) is 24.9 Å². The normalized spacial score (nSPS) is 14.8. The molecule has 0 unspecified atom stereocenters.